The van der Waals surface area contributed by atoms with E-state index in [-0.39, 0.29) is 12.1 Å². The fourth-order valence-electron chi connectivity index (χ4n) is 1.29. The second kappa shape index (κ2) is 5.05. The van der Waals surface area contributed by atoms with Crippen molar-refractivity contribution < 1.29 is 22.0 Å². The molecule has 0 heterocycles. The van der Waals surface area contributed by atoms with Crippen LogP contribution in [0.2, 0.25) is 0 Å². The Kier molecular flexibility index (Phi) is 4.34. The van der Waals surface area contributed by atoms with Gasteiger partial charge in [-0.2, -0.15) is 13.2 Å². The highest BCUT2D eigenvalue weighted by molar-refractivity contribution is 14.1. The Morgan fingerprint density at radius 1 is 1.06 bits per heavy atom. The van der Waals surface area contributed by atoms with Gasteiger partial charge in [0.05, 0.1) is 5.56 Å². The van der Waals surface area contributed by atoms with Crippen LogP contribution < -0.4 is 3.53 Å². The van der Waals surface area contributed by atoms with Crippen molar-refractivity contribution in [1.29, 1.82) is 0 Å². The van der Waals surface area contributed by atoms with Gasteiger partial charge in [-0.15, -0.1) is 0 Å². The average molecular weight is 365 g/mol. The molecule has 17 heavy (non-hydrogen) atoms. The molecule has 0 spiro atoms. The van der Waals surface area contributed by atoms with Gasteiger partial charge in [0, 0.05) is 41.9 Å². The van der Waals surface area contributed by atoms with E-state index in [1.54, 1.807) is 22.9 Å². The van der Waals surface area contributed by atoms with Gasteiger partial charge in [0.2, 0.25) is 0 Å². The molecule has 0 amide bonds. The first kappa shape index (κ1) is 14.6. The standard InChI is InChI=1S/C10H9F5IN/c1-9(11,12)7-2-6(5-17-16)3-8(4-7)10(13,14)15/h2-4,17H,5H2,1H3. The third-order valence-electron chi connectivity index (χ3n) is 2.10. The maximum atomic E-state index is 13.1. The molecule has 0 saturated heterocycles. The van der Waals surface area contributed by atoms with Crippen LogP contribution in [0.15, 0.2) is 18.2 Å². The number of nitrogens with one attached hydrogen (secondary N) is 1. The highest BCUT2D eigenvalue weighted by Crippen LogP contribution is 2.35. The van der Waals surface area contributed by atoms with E-state index in [0.717, 1.165) is 12.1 Å². The number of halogens is 6. The van der Waals surface area contributed by atoms with E-state index in [1.807, 2.05) is 0 Å². The molecule has 0 fully saturated rings. The van der Waals surface area contributed by atoms with Crippen LogP contribution in [0.25, 0.3) is 0 Å². The van der Waals surface area contributed by atoms with Crippen molar-refractivity contribution in [2.45, 2.75) is 25.6 Å². The Balaban J connectivity index is 3.29. The molecule has 1 N–H and O–H groups in total. The van der Waals surface area contributed by atoms with Crippen molar-refractivity contribution in [2.75, 3.05) is 0 Å². The summed E-state index contributed by atoms with van der Waals surface area (Å²) in [4.78, 5) is 0. The van der Waals surface area contributed by atoms with Gasteiger partial charge in [-0.1, -0.05) is 0 Å². The van der Waals surface area contributed by atoms with Crippen LogP contribution in [0.5, 0.6) is 0 Å². The number of benzene rings is 1. The van der Waals surface area contributed by atoms with Gasteiger partial charge in [0.1, 0.15) is 0 Å². The summed E-state index contributed by atoms with van der Waals surface area (Å²) >= 11 is 1.74. The molecular weight excluding hydrogens is 356 g/mol. The minimum Gasteiger partial charge on any atom is -0.257 e. The van der Waals surface area contributed by atoms with E-state index in [4.69, 9.17) is 0 Å². The fraction of sp³-hybridized carbons (Fsp3) is 0.400. The van der Waals surface area contributed by atoms with E-state index in [0.29, 0.717) is 13.0 Å². The van der Waals surface area contributed by atoms with Crippen LogP contribution in [-0.4, -0.2) is 0 Å². The molecule has 1 rings (SSSR count). The highest BCUT2D eigenvalue weighted by atomic mass is 127. The van der Waals surface area contributed by atoms with Crippen molar-refractivity contribution >= 4 is 22.9 Å². The average Bonchev–Trinajstić information content (AvgIpc) is 2.15. The summed E-state index contributed by atoms with van der Waals surface area (Å²) in [6.07, 6.45) is -4.62. The molecule has 1 nitrogen and oxygen atoms in total. The number of alkyl halides is 5. The number of hydrogen-bond acceptors (Lipinski definition) is 1. The summed E-state index contributed by atoms with van der Waals surface area (Å²) in [5, 5.41) is 0. The van der Waals surface area contributed by atoms with Gasteiger partial charge in [0.25, 0.3) is 5.92 Å². The number of rotatable bonds is 3. The van der Waals surface area contributed by atoms with Crippen LogP contribution in [0.3, 0.4) is 0 Å². The van der Waals surface area contributed by atoms with Gasteiger partial charge < -0.3 is 0 Å². The molecule has 1 aromatic carbocycles. The Labute approximate surface area is 109 Å². The van der Waals surface area contributed by atoms with Crippen molar-refractivity contribution in [3.8, 4) is 0 Å². The van der Waals surface area contributed by atoms with E-state index in [9.17, 15) is 22.0 Å². The SMILES string of the molecule is CC(F)(F)c1cc(CNI)cc(C(F)(F)F)c1. The molecule has 0 aromatic heterocycles. The molecule has 7 heteroatoms. The molecule has 0 aliphatic heterocycles. The van der Waals surface area contributed by atoms with Crippen molar-refractivity contribution in [3.05, 3.63) is 34.9 Å². The zero-order chi connectivity index (χ0) is 13.3. The van der Waals surface area contributed by atoms with E-state index < -0.39 is 23.2 Å². The number of hydrogen-bond donors (Lipinski definition) is 1. The Hall–Kier alpha value is -0.440. The maximum Gasteiger partial charge on any atom is 0.416 e. The summed E-state index contributed by atoms with van der Waals surface area (Å²) in [6.45, 7) is 0.664. The molecule has 96 valence electrons. The molecule has 0 aliphatic carbocycles. The maximum absolute atomic E-state index is 13.1. The van der Waals surface area contributed by atoms with Gasteiger partial charge >= 0.3 is 6.18 Å². The van der Waals surface area contributed by atoms with E-state index >= 15 is 0 Å². The first-order valence-corrected chi connectivity index (χ1v) is 5.65. The monoisotopic (exact) mass is 365 g/mol. The van der Waals surface area contributed by atoms with Gasteiger partial charge in [-0.25, -0.2) is 8.78 Å². The van der Waals surface area contributed by atoms with Gasteiger partial charge in [-0.3, -0.25) is 3.53 Å². The summed E-state index contributed by atoms with van der Waals surface area (Å²) in [5.41, 5.74) is -1.52. The summed E-state index contributed by atoms with van der Waals surface area (Å²) in [7, 11) is 0. The first-order chi connectivity index (χ1) is 7.64. The summed E-state index contributed by atoms with van der Waals surface area (Å²) < 4.78 is 66.2. The third-order valence-corrected chi connectivity index (χ3v) is 2.48. The zero-order valence-corrected chi connectivity index (χ0v) is 10.9. The lowest BCUT2D eigenvalue weighted by molar-refractivity contribution is -0.137. The Morgan fingerprint density at radius 2 is 1.59 bits per heavy atom. The van der Waals surface area contributed by atoms with Crippen LogP contribution in [0, 0.1) is 0 Å². The largest absolute Gasteiger partial charge is 0.416 e. The first-order valence-electron chi connectivity index (χ1n) is 4.57. The lowest BCUT2D eigenvalue weighted by Gasteiger charge is -2.16. The lowest BCUT2D eigenvalue weighted by atomic mass is 10.0. The highest BCUT2D eigenvalue weighted by Gasteiger charge is 2.34. The minimum atomic E-state index is -4.62. The Bertz CT molecular complexity index is 364. The summed E-state index contributed by atoms with van der Waals surface area (Å²) in [6, 6.07) is 2.42. The van der Waals surface area contributed by atoms with Gasteiger partial charge in [0.15, 0.2) is 0 Å². The quantitative estimate of drug-likeness (QED) is 0.480. The normalized spacial score (nSPS) is 12.9. The molecule has 0 radical (unpaired) electrons. The Morgan fingerprint density at radius 3 is 2.00 bits per heavy atom. The van der Waals surface area contributed by atoms with Crippen molar-refractivity contribution in [1.82, 2.24) is 3.53 Å². The second-order valence-electron chi connectivity index (χ2n) is 3.62. The molecule has 1 aromatic rings. The second-order valence-corrected chi connectivity index (χ2v) is 4.38. The van der Waals surface area contributed by atoms with E-state index in [1.165, 1.54) is 0 Å². The molecule has 0 unspecified atom stereocenters. The zero-order valence-electron chi connectivity index (χ0n) is 8.71. The molecule has 0 atom stereocenters. The van der Waals surface area contributed by atoms with Crippen molar-refractivity contribution in [3.63, 3.8) is 0 Å². The van der Waals surface area contributed by atoms with Gasteiger partial charge in [-0.05, 0) is 23.8 Å². The topological polar surface area (TPSA) is 12.0 Å². The lowest BCUT2D eigenvalue weighted by Crippen LogP contribution is -2.13. The smallest absolute Gasteiger partial charge is 0.257 e. The van der Waals surface area contributed by atoms with Crippen LogP contribution in [0.1, 0.15) is 23.6 Å². The predicted octanol–water partition coefficient (Wildman–Crippen LogP) is 4.26. The van der Waals surface area contributed by atoms with Crippen LogP contribution in [-0.2, 0) is 18.6 Å². The van der Waals surface area contributed by atoms with Crippen LogP contribution >= 0.6 is 22.9 Å². The predicted molar refractivity (Wildman–Crippen MR) is 61.9 cm³/mol. The van der Waals surface area contributed by atoms with Crippen LogP contribution in [0.4, 0.5) is 22.0 Å². The minimum absolute atomic E-state index is 0.0908. The van der Waals surface area contributed by atoms with E-state index in [2.05, 4.69) is 3.53 Å². The third kappa shape index (κ3) is 4.06. The fourth-order valence-corrected chi connectivity index (χ4v) is 1.73. The summed E-state index contributed by atoms with van der Waals surface area (Å²) in [5.74, 6) is -3.29. The molecule has 0 bridgehead atoms. The molecular formula is C10H9F5IN. The molecule has 0 aliphatic rings. The van der Waals surface area contributed by atoms with Crippen molar-refractivity contribution in [2.24, 2.45) is 0 Å². The molecule has 0 saturated carbocycles.